The first-order valence-electron chi connectivity index (χ1n) is 5.13. The SMILES string of the molecule is COCc1ccc(-c2ccc(F)cc2)cc1. The van der Waals surface area contributed by atoms with E-state index in [2.05, 4.69) is 0 Å². The summed E-state index contributed by atoms with van der Waals surface area (Å²) in [4.78, 5) is 0. The van der Waals surface area contributed by atoms with Crippen LogP contribution in [-0.2, 0) is 11.3 Å². The molecule has 0 amide bonds. The maximum atomic E-state index is 12.8. The van der Waals surface area contributed by atoms with E-state index in [-0.39, 0.29) is 5.82 Å². The second-order valence-corrected chi connectivity index (χ2v) is 3.64. The molecule has 2 aromatic carbocycles. The van der Waals surface area contributed by atoms with Crippen molar-refractivity contribution in [2.45, 2.75) is 6.61 Å². The number of hydrogen-bond acceptors (Lipinski definition) is 1. The van der Waals surface area contributed by atoms with Gasteiger partial charge in [0.2, 0.25) is 0 Å². The highest BCUT2D eigenvalue weighted by atomic mass is 19.1. The van der Waals surface area contributed by atoms with Crippen LogP contribution in [0.4, 0.5) is 4.39 Å². The Balaban J connectivity index is 2.24. The standard InChI is InChI=1S/C14H13FO/c1-16-10-11-2-4-12(5-3-11)13-6-8-14(15)9-7-13/h2-9H,10H2,1H3. The van der Waals surface area contributed by atoms with Crippen molar-refractivity contribution in [3.05, 3.63) is 59.9 Å². The van der Waals surface area contributed by atoms with E-state index in [9.17, 15) is 4.39 Å². The summed E-state index contributed by atoms with van der Waals surface area (Å²) < 4.78 is 17.8. The molecular formula is C14H13FO. The highest BCUT2D eigenvalue weighted by Crippen LogP contribution is 2.20. The highest BCUT2D eigenvalue weighted by Gasteiger charge is 1.98. The molecule has 0 heterocycles. The Kier molecular flexibility index (Phi) is 3.32. The summed E-state index contributed by atoms with van der Waals surface area (Å²) in [7, 11) is 1.67. The first-order chi connectivity index (χ1) is 7.79. The van der Waals surface area contributed by atoms with Crippen molar-refractivity contribution >= 4 is 0 Å². The molecule has 0 aliphatic carbocycles. The fourth-order valence-corrected chi connectivity index (χ4v) is 1.60. The molecule has 0 bridgehead atoms. The van der Waals surface area contributed by atoms with Gasteiger partial charge in [-0.3, -0.25) is 0 Å². The van der Waals surface area contributed by atoms with Crippen LogP contribution in [0, 0.1) is 5.82 Å². The fourth-order valence-electron chi connectivity index (χ4n) is 1.60. The Bertz CT molecular complexity index is 445. The summed E-state index contributed by atoms with van der Waals surface area (Å²) in [5.41, 5.74) is 3.23. The maximum absolute atomic E-state index is 12.8. The number of hydrogen-bond donors (Lipinski definition) is 0. The van der Waals surface area contributed by atoms with Crippen LogP contribution in [0.2, 0.25) is 0 Å². The lowest BCUT2D eigenvalue weighted by Gasteiger charge is -2.03. The number of ether oxygens (including phenoxy) is 1. The molecule has 0 unspecified atom stereocenters. The minimum Gasteiger partial charge on any atom is -0.380 e. The van der Waals surface area contributed by atoms with E-state index in [0.717, 1.165) is 16.7 Å². The lowest BCUT2D eigenvalue weighted by atomic mass is 10.0. The van der Waals surface area contributed by atoms with Gasteiger partial charge in [0.05, 0.1) is 6.61 Å². The summed E-state index contributed by atoms with van der Waals surface area (Å²) in [5, 5.41) is 0. The molecular weight excluding hydrogens is 203 g/mol. The summed E-state index contributed by atoms with van der Waals surface area (Å²) in [6, 6.07) is 14.6. The average Bonchev–Trinajstić information content (AvgIpc) is 2.32. The van der Waals surface area contributed by atoms with Gasteiger partial charge in [0.1, 0.15) is 5.82 Å². The largest absolute Gasteiger partial charge is 0.380 e. The topological polar surface area (TPSA) is 9.23 Å². The summed E-state index contributed by atoms with van der Waals surface area (Å²) >= 11 is 0. The van der Waals surface area contributed by atoms with Crippen molar-refractivity contribution in [3.8, 4) is 11.1 Å². The molecule has 0 radical (unpaired) electrons. The first-order valence-corrected chi connectivity index (χ1v) is 5.13. The third-order valence-electron chi connectivity index (χ3n) is 2.44. The van der Waals surface area contributed by atoms with Gasteiger partial charge in [0.25, 0.3) is 0 Å². The van der Waals surface area contributed by atoms with Crippen molar-refractivity contribution in [1.29, 1.82) is 0 Å². The van der Waals surface area contributed by atoms with E-state index in [0.29, 0.717) is 6.61 Å². The van der Waals surface area contributed by atoms with Gasteiger partial charge in [-0.15, -0.1) is 0 Å². The lowest BCUT2D eigenvalue weighted by Crippen LogP contribution is -1.87. The van der Waals surface area contributed by atoms with Crippen LogP contribution < -0.4 is 0 Å². The molecule has 0 N–H and O–H groups in total. The molecule has 82 valence electrons. The number of benzene rings is 2. The van der Waals surface area contributed by atoms with Crippen molar-refractivity contribution in [1.82, 2.24) is 0 Å². The Labute approximate surface area is 94.5 Å². The third kappa shape index (κ3) is 2.47. The monoisotopic (exact) mass is 216 g/mol. The molecule has 1 nitrogen and oxygen atoms in total. The molecule has 0 spiro atoms. The molecule has 0 aliphatic heterocycles. The van der Waals surface area contributed by atoms with E-state index < -0.39 is 0 Å². The third-order valence-corrected chi connectivity index (χ3v) is 2.44. The van der Waals surface area contributed by atoms with Crippen LogP contribution in [0.25, 0.3) is 11.1 Å². The zero-order chi connectivity index (χ0) is 11.4. The molecule has 0 saturated carbocycles. The van der Waals surface area contributed by atoms with Gasteiger partial charge < -0.3 is 4.74 Å². The van der Waals surface area contributed by atoms with Gasteiger partial charge >= 0.3 is 0 Å². The van der Waals surface area contributed by atoms with E-state index >= 15 is 0 Å². The number of rotatable bonds is 3. The Hall–Kier alpha value is -1.67. The molecule has 0 atom stereocenters. The summed E-state index contributed by atoms with van der Waals surface area (Å²) in [6.07, 6.45) is 0. The molecule has 0 aliphatic rings. The van der Waals surface area contributed by atoms with Crippen LogP contribution in [0.15, 0.2) is 48.5 Å². The van der Waals surface area contributed by atoms with Crippen molar-refractivity contribution in [2.24, 2.45) is 0 Å². The number of halogens is 1. The van der Waals surface area contributed by atoms with Crippen LogP contribution in [0.3, 0.4) is 0 Å². The van der Waals surface area contributed by atoms with E-state index in [4.69, 9.17) is 4.74 Å². The van der Waals surface area contributed by atoms with Gasteiger partial charge in [0, 0.05) is 7.11 Å². The Morgan fingerprint density at radius 2 is 1.38 bits per heavy atom. The second kappa shape index (κ2) is 4.90. The summed E-state index contributed by atoms with van der Waals surface area (Å²) in [6.45, 7) is 0.615. The molecule has 2 heteroatoms. The average molecular weight is 216 g/mol. The molecule has 0 saturated heterocycles. The smallest absolute Gasteiger partial charge is 0.123 e. The van der Waals surface area contributed by atoms with Crippen LogP contribution in [0.1, 0.15) is 5.56 Å². The van der Waals surface area contributed by atoms with Crippen molar-refractivity contribution < 1.29 is 9.13 Å². The minimum atomic E-state index is -0.209. The van der Waals surface area contributed by atoms with Gasteiger partial charge in [-0.1, -0.05) is 36.4 Å². The predicted molar refractivity (Wildman–Crippen MR) is 62.5 cm³/mol. The van der Waals surface area contributed by atoms with Crippen molar-refractivity contribution in [2.75, 3.05) is 7.11 Å². The molecule has 0 fully saturated rings. The van der Waals surface area contributed by atoms with Crippen LogP contribution >= 0.6 is 0 Å². The fraction of sp³-hybridized carbons (Fsp3) is 0.143. The van der Waals surface area contributed by atoms with E-state index in [1.165, 1.54) is 12.1 Å². The second-order valence-electron chi connectivity index (χ2n) is 3.64. The quantitative estimate of drug-likeness (QED) is 0.761. The molecule has 2 aromatic rings. The Morgan fingerprint density at radius 3 is 1.88 bits per heavy atom. The van der Waals surface area contributed by atoms with Gasteiger partial charge in [-0.25, -0.2) is 4.39 Å². The van der Waals surface area contributed by atoms with Crippen molar-refractivity contribution in [3.63, 3.8) is 0 Å². The minimum absolute atomic E-state index is 0.209. The zero-order valence-corrected chi connectivity index (χ0v) is 9.11. The maximum Gasteiger partial charge on any atom is 0.123 e. The molecule has 2 rings (SSSR count). The highest BCUT2D eigenvalue weighted by molar-refractivity contribution is 5.63. The van der Waals surface area contributed by atoms with Crippen LogP contribution in [-0.4, -0.2) is 7.11 Å². The van der Waals surface area contributed by atoms with Gasteiger partial charge in [-0.2, -0.15) is 0 Å². The van der Waals surface area contributed by atoms with Gasteiger partial charge in [0.15, 0.2) is 0 Å². The van der Waals surface area contributed by atoms with Gasteiger partial charge in [-0.05, 0) is 28.8 Å². The number of methoxy groups -OCH3 is 1. The van der Waals surface area contributed by atoms with E-state index in [1.54, 1.807) is 19.2 Å². The predicted octanol–water partition coefficient (Wildman–Crippen LogP) is 3.64. The summed E-state index contributed by atoms with van der Waals surface area (Å²) in [5.74, 6) is -0.209. The normalized spacial score (nSPS) is 10.4. The van der Waals surface area contributed by atoms with Crippen LogP contribution in [0.5, 0.6) is 0 Å². The molecule has 16 heavy (non-hydrogen) atoms. The lowest BCUT2D eigenvalue weighted by molar-refractivity contribution is 0.185. The zero-order valence-electron chi connectivity index (χ0n) is 9.11. The Morgan fingerprint density at radius 1 is 0.875 bits per heavy atom. The van der Waals surface area contributed by atoms with E-state index in [1.807, 2.05) is 24.3 Å². The molecule has 0 aromatic heterocycles. The first kappa shape index (κ1) is 10.8.